The molecule has 1 aliphatic carbocycles. The summed E-state index contributed by atoms with van der Waals surface area (Å²) in [6.07, 6.45) is 5.71. The van der Waals surface area contributed by atoms with Crippen LogP contribution in [-0.4, -0.2) is 30.0 Å². The average Bonchev–Trinajstić information content (AvgIpc) is 2.03. The van der Waals surface area contributed by atoms with Crippen LogP contribution in [0.4, 0.5) is 0 Å². The molecule has 78 valence electrons. The van der Waals surface area contributed by atoms with E-state index in [1.54, 1.807) is 0 Å². The van der Waals surface area contributed by atoms with Gasteiger partial charge in [0.05, 0.1) is 18.8 Å². The first-order chi connectivity index (χ1) is 6.27. The molecule has 13 heavy (non-hydrogen) atoms. The average molecular weight is 187 g/mol. The molecule has 0 aliphatic heterocycles. The van der Waals surface area contributed by atoms with Crippen molar-refractivity contribution in [2.75, 3.05) is 6.61 Å². The maximum absolute atomic E-state index is 9.09. The Kier molecular flexibility index (Phi) is 4.70. The van der Waals surface area contributed by atoms with Gasteiger partial charge in [-0.2, -0.15) is 0 Å². The van der Waals surface area contributed by atoms with Crippen molar-refractivity contribution in [3.05, 3.63) is 0 Å². The highest BCUT2D eigenvalue weighted by Crippen LogP contribution is 2.24. The summed E-state index contributed by atoms with van der Waals surface area (Å²) in [5.74, 6) is 0. The summed E-state index contributed by atoms with van der Waals surface area (Å²) in [4.78, 5) is 0. The number of hydrogen-bond acceptors (Lipinski definition) is 3. The maximum Gasteiger partial charge on any atom is 0.0959 e. The third kappa shape index (κ3) is 3.25. The predicted molar refractivity (Wildman–Crippen MR) is 52.5 cm³/mol. The molecule has 0 bridgehead atoms. The van der Waals surface area contributed by atoms with Gasteiger partial charge in [-0.25, -0.2) is 0 Å². The lowest BCUT2D eigenvalue weighted by molar-refractivity contribution is -0.0818. The van der Waals surface area contributed by atoms with Gasteiger partial charge in [-0.3, -0.25) is 0 Å². The summed E-state index contributed by atoms with van der Waals surface area (Å²) in [5.41, 5.74) is 5.88. The summed E-state index contributed by atoms with van der Waals surface area (Å²) in [6.45, 7) is 2.15. The Bertz CT molecular complexity index is 137. The van der Waals surface area contributed by atoms with E-state index in [4.69, 9.17) is 15.6 Å². The van der Waals surface area contributed by atoms with Gasteiger partial charge in [0.15, 0.2) is 0 Å². The summed E-state index contributed by atoms with van der Waals surface area (Å²) in [5, 5.41) is 9.09. The Morgan fingerprint density at radius 1 is 1.54 bits per heavy atom. The number of hydrogen-bond donors (Lipinski definition) is 2. The van der Waals surface area contributed by atoms with Crippen LogP contribution in [-0.2, 0) is 4.74 Å². The topological polar surface area (TPSA) is 55.5 Å². The van der Waals surface area contributed by atoms with E-state index in [0.717, 1.165) is 25.7 Å². The van der Waals surface area contributed by atoms with Crippen molar-refractivity contribution in [1.29, 1.82) is 0 Å². The number of aliphatic hydroxyl groups is 1. The Morgan fingerprint density at radius 3 is 2.62 bits per heavy atom. The van der Waals surface area contributed by atoms with Crippen LogP contribution in [0, 0.1) is 0 Å². The van der Waals surface area contributed by atoms with Gasteiger partial charge in [0.1, 0.15) is 0 Å². The van der Waals surface area contributed by atoms with Crippen LogP contribution in [0.5, 0.6) is 0 Å². The van der Waals surface area contributed by atoms with Crippen LogP contribution < -0.4 is 5.73 Å². The molecule has 3 N–H and O–H groups in total. The fraction of sp³-hybridized carbons (Fsp3) is 1.00. The molecule has 1 fully saturated rings. The second-order valence-corrected chi connectivity index (χ2v) is 3.86. The standard InChI is InChI=1S/C10H21NO2/c1-2-4-9(11)10(7-12)13-8-5-3-6-8/h8-10,12H,2-7,11H2,1H3. The first-order valence-electron chi connectivity index (χ1n) is 5.29. The Labute approximate surface area is 80.3 Å². The minimum atomic E-state index is -0.148. The minimum Gasteiger partial charge on any atom is -0.394 e. The van der Waals surface area contributed by atoms with Gasteiger partial charge in [-0.1, -0.05) is 13.3 Å². The molecule has 0 aromatic heterocycles. The number of rotatable bonds is 6. The first-order valence-corrected chi connectivity index (χ1v) is 5.29. The highest BCUT2D eigenvalue weighted by molar-refractivity contribution is 4.77. The summed E-state index contributed by atoms with van der Waals surface area (Å²) in [7, 11) is 0. The van der Waals surface area contributed by atoms with E-state index in [1.165, 1.54) is 6.42 Å². The van der Waals surface area contributed by atoms with Gasteiger partial charge < -0.3 is 15.6 Å². The van der Waals surface area contributed by atoms with Crippen LogP contribution >= 0.6 is 0 Å². The van der Waals surface area contributed by atoms with Crippen molar-refractivity contribution in [2.24, 2.45) is 5.73 Å². The van der Waals surface area contributed by atoms with Crippen LogP contribution in [0.2, 0.25) is 0 Å². The highest BCUT2D eigenvalue weighted by Gasteiger charge is 2.25. The molecule has 1 saturated carbocycles. The molecule has 0 heterocycles. The van der Waals surface area contributed by atoms with Crippen LogP contribution in [0.15, 0.2) is 0 Å². The maximum atomic E-state index is 9.09. The van der Waals surface area contributed by atoms with E-state index in [9.17, 15) is 0 Å². The summed E-state index contributed by atoms with van der Waals surface area (Å²) >= 11 is 0. The fourth-order valence-corrected chi connectivity index (χ4v) is 1.55. The van der Waals surface area contributed by atoms with Crippen LogP contribution in [0.25, 0.3) is 0 Å². The molecule has 1 rings (SSSR count). The summed E-state index contributed by atoms with van der Waals surface area (Å²) < 4.78 is 5.67. The third-order valence-corrected chi connectivity index (χ3v) is 2.70. The zero-order chi connectivity index (χ0) is 9.68. The highest BCUT2D eigenvalue weighted by atomic mass is 16.5. The Balaban J connectivity index is 2.23. The predicted octanol–water partition coefficient (Wildman–Crippen LogP) is 1.04. The molecule has 3 nitrogen and oxygen atoms in total. The SMILES string of the molecule is CCCC(N)C(CO)OC1CCC1. The normalized spacial score (nSPS) is 22.4. The van der Waals surface area contributed by atoms with Gasteiger partial charge in [0.2, 0.25) is 0 Å². The van der Waals surface area contributed by atoms with E-state index in [0.29, 0.717) is 6.10 Å². The van der Waals surface area contributed by atoms with Gasteiger partial charge in [0.25, 0.3) is 0 Å². The molecule has 2 atom stereocenters. The molecule has 0 aromatic rings. The molecule has 0 amide bonds. The zero-order valence-electron chi connectivity index (χ0n) is 8.41. The van der Waals surface area contributed by atoms with Crippen molar-refractivity contribution in [3.8, 4) is 0 Å². The monoisotopic (exact) mass is 187 g/mol. The molecular formula is C10H21NO2. The lowest BCUT2D eigenvalue weighted by atomic mass is 9.95. The van der Waals surface area contributed by atoms with Gasteiger partial charge in [0, 0.05) is 6.04 Å². The molecule has 1 aliphatic rings. The largest absolute Gasteiger partial charge is 0.394 e. The molecule has 0 spiro atoms. The first kappa shape index (κ1) is 11.0. The molecule has 3 heteroatoms. The lowest BCUT2D eigenvalue weighted by Gasteiger charge is -2.32. The van der Waals surface area contributed by atoms with Gasteiger partial charge >= 0.3 is 0 Å². The molecule has 2 unspecified atom stereocenters. The second-order valence-electron chi connectivity index (χ2n) is 3.86. The zero-order valence-corrected chi connectivity index (χ0v) is 8.41. The van der Waals surface area contributed by atoms with Crippen molar-refractivity contribution in [2.45, 2.75) is 57.3 Å². The molecule has 0 aromatic carbocycles. The molecule has 0 radical (unpaired) electrons. The third-order valence-electron chi connectivity index (χ3n) is 2.70. The van der Waals surface area contributed by atoms with Gasteiger partial charge in [-0.15, -0.1) is 0 Å². The van der Waals surface area contributed by atoms with E-state index in [1.807, 2.05) is 0 Å². The number of aliphatic hydroxyl groups excluding tert-OH is 1. The Hall–Kier alpha value is -0.120. The molecule has 0 saturated heterocycles. The number of ether oxygens (including phenoxy) is 1. The second kappa shape index (κ2) is 5.58. The van der Waals surface area contributed by atoms with Crippen LogP contribution in [0.1, 0.15) is 39.0 Å². The summed E-state index contributed by atoms with van der Waals surface area (Å²) in [6, 6.07) is -0.00407. The Morgan fingerprint density at radius 2 is 2.23 bits per heavy atom. The van der Waals surface area contributed by atoms with Gasteiger partial charge in [-0.05, 0) is 25.7 Å². The fourth-order valence-electron chi connectivity index (χ4n) is 1.55. The number of nitrogens with two attached hydrogens (primary N) is 1. The van der Waals surface area contributed by atoms with E-state index >= 15 is 0 Å². The lowest BCUT2D eigenvalue weighted by Crippen LogP contribution is -2.43. The van der Waals surface area contributed by atoms with Crippen LogP contribution in [0.3, 0.4) is 0 Å². The van der Waals surface area contributed by atoms with Crippen molar-refractivity contribution in [3.63, 3.8) is 0 Å². The van der Waals surface area contributed by atoms with E-state index in [-0.39, 0.29) is 18.8 Å². The quantitative estimate of drug-likeness (QED) is 0.653. The smallest absolute Gasteiger partial charge is 0.0959 e. The molecular weight excluding hydrogens is 166 g/mol. The van der Waals surface area contributed by atoms with Crippen molar-refractivity contribution >= 4 is 0 Å². The van der Waals surface area contributed by atoms with E-state index in [2.05, 4.69) is 6.92 Å². The minimum absolute atomic E-state index is 0.00407. The van der Waals surface area contributed by atoms with Crippen molar-refractivity contribution in [1.82, 2.24) is 0 Å². The van der Waals surface area contributed by atoms with Crippen molar-refractivity contribution < 1.29 is 9.84 Å². The van der Waals surface area contributed by atoms with E-state index < -0.39 is 0 Å².